The van der Waals surface area contributed by atoms with E-state index in [4.69, 9.17) is 4.74 Å². The molecular formula is C21H25N3O4. The summed E-state index contributed by atoms with van der Waals surface area (Å²) in [4.78, 5) is 39.7. The molecule has 2 fully saturated rings. The summed E-state index contributed by atoms with van der Waals surface area (Å²) in [5.41, 5.74) is 0.258. The van der Waals surface area contributed by atoms with Crippen LogP contribution in [0.5, 0.6) is 0 Å². The number of urea groups is 1. The number of hydrogen-bond acceptors (Lipinski definition) is 4. The van der Waals surface area contributed by atoms with Crippen molar-refractivity contribution in [3.8, 4) is 0 Å². The summed E-state index contributed by atoms with van der Waals surface area (Å²) in [5.74, 6) is -1.70. The first-order chi connectivity index (χ1) is 13.1. The Morgan fingerprint density at radius 2 is 1.86 bits per heavy atom. The third-order valence-corrected chi connectivity index (χ3v) is 5.46. The Balaban J connectivity index is 1.56. The molecule has 7 nitrogen and oxygen atoms in total. The van der Waals surface area contributed by atoms with Gasteiger partial charge in [0.25, 0.3) is 0 Å². The van der Waals surface area contributed by atoms with Gasteiger partial charge in [0, 0.05) is 5.54 Å². The molecule has 3 heterocycles. The molecule has 0 aromatic heterocycles. The highest BCUT2D eigenvalue weighted by Gasteiger charge is 2.67. The highest BCUT2D eigenvalue weighted by molar-refractivity contribution is 6.23. The minimum Gasteiger partial charge on any atom is -0.360 e. The third kappa shape index (κ3) is 2.90. The second kappa shape index (κ2) is 6.17. The van der Waals surface area contributed by atoms with Gasteiger partial charge in [-0.2, -0.15) is 0 Å². The van der Waals surface area contributed by atoms with Crippen LogP contribution in [0.3, 0.4) is 0 Å². The molecule has 1 aromatic rings. The molecule has 2 saturated heterocycles. The Morgan fingerprint density at radius 1 is 1.18 bits per heavy atom. The van der Waals surface area contributed by atoms with Crippen molar-refractivity contribution in [2.45, 2.75) is 44.9 Å². The van der Waals surface area contributed by atoms with Gasteiger partial charge in [0.05, 0.1) is 30.2 Å². The smallest absolute Gasteiger partial charge is 0.315 e. The van der Waals surface area contributed by atoms with Crippen LogP contribution in [0.4, 0.5) is 10.5 Å². The largest absolute Gasteiger partial charge is 0.360 e. The number of carbonyl (C=O) groups excluding carboxylic acids is 3. The Kier molecular flexibility index (Phi) is 4.12. The van der Waals surface area contributed by atoms with E-state index in [1.807, 2.05) is 52.0 Å². The van der Waals surface area contributed by atoms with Gasteiger partial charge in [0.1, 0.15) is 5.60 Å². The Labute approximate surface area is 164 Å². The molecule has 3 aliphatic rings. The molecular weight excluding hydrogens is 358 g/mol. The van der Waals surface area contributed by atoms with E-state index in [9.17, 15) is 14.4 Å². The number of nitrogens with one attached hydrogen (secondary N) is 2. The summed E-state index contributed by atoms with van der Waals surface area (Å²) >= 11 is 0. The molecule has 3 aliphatic heterocycles. The average Bonchev–Trinajstić information content (AvgIpc) is 3.24. The summed E-state index contributed by atoms with van der Waals surface area (Å²) in [6.45, 7) is 7.74. The van der Waals surface area contributed by atoms with E-state index in [1.54, 1.807) is 12.1 Å². The summed E-state index contributed by atoms with van der Waals surface area (Å²) in [6, 6.07) is 6.98. The van der Waals surface area contributed by atoms with Crippen LogP contribution in [0.2, 0.25) is 0 Å². The standard InChI is InChI=1S/C21H25N3O4/c1-12-5-7-13(8-6-12)24-17(25)15-14-9-10-21(28-14,16(15)18(24)26)11-22-19(27)23-20(2,3)4/h5-10,14-16H,11H2,1-4H3,(H2,22,23,27)/t14-,15-,16+,21-/m1/s1. The van der Waals surface area contributed by atoms with Crippen LogP contribution >= 0.6 is 0 Å². The average molecular weight is 383 g/mol. The molecule has 0 spiro atoms. The van der Waals surface area contributed by atoms with E-state index in [0.717, 1.165) is 5.56 Å². The summed E-state index contributed by atoms with van der Waals surface area (Å²) in [5, 5.41) is 5.63. The van der Waals surface area contributed by atoms with Gasteiger partial charge in [-0.25, -0.2) is 9.69 Å². The maximum atomic E-state index is 13.2. The van der Waals surface area contributed by atoms with Crippen LogP contribution in [0.1, 0.15) is 26.3 Å². The normalized spacial score (nSPS) is 30.7. The molecule has 1 aromatic carbocycles. The van der Waals surface area contributed by atoms with Gasteiger partial charge >= 0.3 is 6.03 Å². The van der Waals surface area contributed by atoms with Crippen molar-refractivity contribution in [2.75, 3.05) is 11.4 Å². The molecule has 4 atom stereocenters. The van der Waals surface area contributed by atoms with Gasteiger partial charge in [-0.05, 0) is 39.8 Å². The van der Waals surface area contributed by atoms with Crippen molar-refractivity contribution >= 4 is 23.5 Å². The molecule has 2 N–H and O–H groups in total. The number of ether oxygens (including phenoxy) is 1. The fourth-order valence-electron chi connectivity index (χ4n) is 4.26. The number of aryl methyl sites for hydroxylation is 1. The van der Waals surface area contributed by atoms with Crippen molar-refractivity contribution in [3.05, 3.63) is 42.0 Å². The number of carbonyl (C=O) groups is 3. The lowest BCUT2D eigenvalue weighted by atomic mass is 9.77. The molecule has 0 unspecified atom stereocenters. The molecule has 4 amide bonds. The minimum atomic E-state index is -0.989. The van der Waals surface area contributed by atoms with Gasteiger partial charge in [-0.15, -0.1) is 0 Å². The number of amides is 4. The number of imide groups is 1. The van der Waals surface area contributed by atoms with Crippen molar-refractivity contribution in [3.63, 3.8) is 0 Å². The molecule has 0 saturated carbocycles. The van der Waals surface area contributed by atoms with E-state index in [0.29, 0.717) is 5.69 Å². The molecule has 148 valence electrons. The molecule has 0 radical (unpaired) electrons. The molecule has 2 bridgehead atoms. The van der Waals surface area contributed by atoms with Gasteiger partial charge in [0.15, 0.2) is 0 Å². The Bertz CT molecular complexity index is 871. The SMILES string of the molecule is Cc1ccc(N2C(=O)[C@H]3[C@@H](C2=O)[C@]2(CNC(=O)NC(C)(C)C)C=C[C@H]3O2)cc1. The highest BCUT2D eigenvalue weighted by atomic mass is 16.5. The number of anilines is 1. The summed E-state index contributed by atoms with van der Waals surface area (Å²) in [7, 11) is 0. The summed E-state index contributed by atoms with van der Waals surface area (Å²) < 4.78 is 6.03. The van der Waals surface area contributed by atoms with Crippen LogP contribution in [0.15, 0.2) is 36.4 Å². The quantitative estimate of drug-likeness (QED) is 0.617. The van der Waals surface area contributed by atoms with Gasteiger partial charge < -0.3 is 15.4 Å². The Hall–Kier alpha value is -2.67. The van der Waals surface area contributed by atoms with Gasteiger partial charge in [0.2, 0.25) is 11.8 Å². The number of benzene rings is 1. The lowest BCUT2D eigenvalue weighted by Crippen LogP contribution is -2.53. The topological polar surface area (TPSA) is 87.7 Å². The first kappa shape index (κ1) is 18.7. The monoisotopic (exact) mass is 383 g/mol. The van der Waals surface area contributed by atoms with E-state index >= 15 is 0 Å². The van der Waals surface area contributed by atoms with Gasteiger partial charge in [-0.3, -0.25) is 9.59 Å². The third-order valence-electron chi connectivity index (χ3n) is 5.46. The van der Waals surface area contributed by atoms with Crippen LogP contribution in [-0.2, 0) is 14.3 Å². The number of rotatable bonds is 3. The van der Waals surface area contributed by atoms with E-state index in [2.05, 4.69) is 10.6 Å². The Morgan fingerprint density at radius 3 is 2.50 bits per heavy atom. The molecule has 7 heteroatoms. The lowest BCUT2D eigenvalue weighted by molar-refractivity contribution is -0.126. The van der Waals surface area contributed by atoms with E-state index < -0.39 is 23.5 Å². The predicted molar refractivity (Wildman–Crippen MR) is 104 cm³/mol. The molecule has 0 aliphatic carbocycles. The number of fused-ring (bicyclic) bond motifs is 5. The minimum absolute atomic E-state index is 0.129. The van der Waals surface area contributed by atoms with Crippen LogP contribution in [0, 0.1) is 18.8 Å². The van der Waals surface area contributed by atoms with Crippen molar-refractivity contribution < 1.29 is 19.1 Å². The highest BCUT2D eigenvalue weighted by Crippen LogP contribution is 2.52. The van der Waals surface area contributed by atoms with E-state index in [1.165, 1.54) is 4.90 Å². The summed E-state index contributed by atoms with van der Waals surface area (Å²) in [6.07, 6.45) is 3.21. The van der Waals surface area contributed by atoms with Gasteiger partial charge in [-0.1, -0.05) is 29.8 Å². The maximum Gasteiger partial charge on any atom is 0.315 e. The molecule has 28 heavy (non-hydrogen) atoms. The maximum absolute atomic E-state index is 13.2. The van der Waals surface area contributed by atoms with Crippen molar-refractivity contribution in [1.29, 1.82) is 0 Å². The zero-order chi connectivity index (χ0) is 20.3. The second-order valence-electron chi connectivity index (χ2n) is 8.81. The van der Waals surface area contributed by atoms with Crippen molar-refractivity contribution in [1.82, 2.24) is 10.6 Å². The fourth-order valence-corrected chi connectivity index (χ4v) is 4.26. The number of nitrogens with zero attached hydrogens (tertiary/aromatic N) is 1. The molecule has 4 rings (SSSR count). The fraction of sp³-hybridized carbons (Fsp3) is 0.476. The number of hydrogen-bond donors (Lipinski definition) is 2. The second-order valence-corrected chi connectivity index (χ2v) is 8.81. The zero-order valence-electron chi connectivity index (χ0n) is 16.5. The predicted octanol–water partition coefficient (Wildman–Crippen LogP) is 1.91. The van der Waals surface area contributed by atoms with E-state index in [-0.39, 0.29) is 29.9 Å². The lowest BCUT2D eigenvalue weighted by Gasteiger charge is -2.30. The van der Waals surface area contributed by atoms with Crippen LogP contribution in [-0.4, -0.2) is 41.6 Å². The van der Waals surface area contributed by atoms with Crippen LogP contribution < -0.4 is 15.5 Å². The first-order valence-electron chi connectivity index (χ1n) is 9.49. The van der Waals surface area contributed by atoms with Crippen LogP contribution in [0.25, 0.3) is 0 Å². The van der Waals surface area contributed by atoms with Crippen molar-refractivity contribution in [2.24, 2.45) is 11.8 Å². The first-order valence-corrected chi connectivity index (χ1v) is 9.49. The zero-order valence-corrected chi connectivity index (χ0v) is 16.5.